The van der Waals surface area contributed by atoms with Crippen LogP contribution in [0.2, 0.25) is 0 Å². The first-order valence-corrected chi connectivity index (χ1v) is 12.6. The Bertz CT molecular complexity index is 1140. The number of methoxy groups -OCH3 is 1. The van der Waals surface area contributed by atoms with Crippen molar-refractivity contribution < 1.29 is 17.9 Å². The molecule has 9 nitrogen and oxygen atoms in total. The van der Waals surface area contributed by atoms with Gasteiger partial charge in [0.1, 0.15) is 5.75 Å². The van der Waals surface area contributed by atoms with E-state index < -0.39 is 22.1 Å². The number of hydrogen-bond acceptors (Lipinski definition) is 6. The van der Waals surface area contributed by atoms with Crippen LogP contribution < -0.4 is 20.1 Å². The maximum Gasteiger partial charge on any atom is 0.319 e. The number of amides is 2. The Balaban J connectivity index is 1.60. The monoisotopic (exact) mass is 585 g/mol. The smallest absolute Gasteiger partial charge is 0.319 e. The molecule has 32 heavy (non-hydrogen) atoms. The van der Waals surface area contributed by atoms with Crippen molar-refractivity contribution in [1.82, 2.24) is 14.9 Å². The zero-order valence-corrected chi connectivity index (χ0v) is 21.0. The first-order valence-electron chi connectivity index (χ1n) is 9.55. The van der Waals surface area contributed by atoms with Crippen molar-refractivity contribution in [2.75, 3.05) is 25.5 Å². The number of rotatable bonds is 7. The van der Waals surface area contributed by atoms with Crippen LogP contribution in [-0.4, -0.2) is 51.6 Å². The van der Waals surface area contributed by atoms with Crippen molar-refractivity contribution in [3.63, 3.8) is 0 Å². The Kier molecular flexibility index (Phi) is 8.00. The SMILES string of the molecule is COc1ccccc1NC(=O)NC[C@H]1C[C@@H](NS(=O)(=O)c2cc(Br)ccc2Br)CN1C#N. The molecule has 2 atom stereocenters. The lowest BCUT2D eigenvalue weighted by Crippen LogP contribution is -2.39. The van der Waals surface area contributed by atoms with Crippen molar-refractivity contribution in [2.45, 2.75) is 23.4 Å². The predicted octanol–water partition coefficient (Wildman–Crippen LogP) is 3.24. The molecule has 1 heterocycles. The zero-order valence-electron chi connectivity index (χ0n) is 17.0. The number of hydrogen-bond donors (Lipinski definition) is 3. The van der Waals surface area contributed by atoms with Crippen molar-refractivity contribution >= 4 is 53.6 Å². The molecule has 1 aliphatic heterocycles. The fourth-order valence-corrected chi connectivity index (χ4v) is 6.15. The molecule has 170 valence electrons. The second-order valence-corrected chi connectivity index (χ2v) is 10.5. The van der Waals surface area contributed by atoms with Gasteiger partial charge in [0, 0.05) is 28.1 Å². The molecule has 0 spiro atoms. The number of nitriles is 1. The summed E-state index contributed by atoms with van der Waals surface area (Å²) in [6, 6.07) is 10.6. The lowest BCUT2D eigenvalue weighted by atomic mass is 10.2. The molecular formula is C20H21Br2N5O4S. The van der Waals surface area contributed by atoms with Gasteiger partial charge in [-0.05, 0) is 52.7 Å². The van der Waals surface area contributed by atoms with Gasteiger partial charge in [0.05, 0.1) is 23.7 Å². The largest absolute Gasteiger partial charge is 0.495 e. The first-order chi connectivity index (χ1) is 15.2. The molecule has 1 saturated heterocycles. The first kappa shape index (κ1) is 24.3. The Morgan fingerprint density at radius 3 is 2.75 bits per heavy atom. The summed E-state index contributed by atoms with van der Waals surface area (Å²) >= 11 is 6.55. The summed E-state index contributed by atoms with van der Waals surface area (Å²) in [5, 5.41) is 14.9. The van der Waals surface area contributed by atoms with E-state index in [1.165, 1.54) is 18.1 Å². The number of anilines is 1. The Labute approximate surface area is 203 Å². The van der Waals surface area contributed by atoms with Crippen LogP contribution in [0.3, 0.4) is 0 Å². The standard InChI is InChI=1S/C20H21Br2N5O4S/c1-31-18-5-3-2-4-17(18)25-20(28)24-10-15-9-14(11-27(15)12-23)26-32(29,30)19-8-13(21)6-7-16(19)22/h2-8,14-15,26H,9-11H2,1H3,(H2,24,25,28)/t14-,15-/m1/s1. The summed E-state index contributed by atoms with van der Waals surface area (Å²) in [6.45, 7) is 0.384. The normalized spacial score (nSPS) is 18.1. The van der Waals surface area contributed by atoms with E-state index in [4.69, 9.17) is 4.74 Å². The molecule has 3 N–H and O–H groups in total. The van der Waals surface area contributed by atoms with Crippen molar-refractivity contribution in [2.24, 2.45) is 0 Å². The summed E-state index contributed by atoms with van der Waals surface area (Å²) in [5.74, 6) is 0.523. The quantitative estimate of drug-likeness (QED) is 0.428. The van der Waals surface area contributed by atoms with E-state index >= 15 is 0 Å². The van der Waals surface area contributed by atoms with E-state index in [2.05, 4.69) is 53.4 Å². The number of para-hydroxylation sites is 2. The second kappa shape index (κ2) is 10.5. The predicted molar refractivity (Wildman–Crippen MR) is 127 cm³/mol. The lowest BCUT2D eigenvalue weighted by molar-refractivity contribution is 0.248. The minimum absolute atomic E-state index is 0.105. The second-order valence-electron chi connectivity index (χ2n) is 7.07. The van der Waals surface area contributed by atoms with Gasteiger partial charge in [0.2, 0.25) is 10.0 Å². The van der Waals surface area contributed by atoms with Crippen molar-refractivity contribution in [3.8, 4) is 11.9 Å². The number of nitrogens with zero attached hydrogens (tertiary/aromatic N) is 2. The van der Waals surface area contributed by atoms with Crippen LogP contribution in [-0.2, 0) is 10.0 Å². The highest BCUT2D eigenvalue weighted by Crippen LogP contribution is 2.27. The molecule has 2 aromatic carbocycles. The number of likely N-dealkylation sites (tertiary alicyclic amines) is 1. The van der Waals surface area contributed by atoms with Crippen LogP contribution in [0.4, 0.5) is 10.5 Å². The number of carbonyl (C=O) groups excluding carboxylic acids is 1. The zero-order chi connectivity index (χ0) is 23.3. The third kappa shape index (κ3) is 5.92. The van der Waals surface area contributed by atoms with E-state index in [0.29, 0.717) is 26.8 Å². The van der Waals surface area contributed by atoms with Gasteiger partial charge in [-0.3, -0.25) is 0 Å². The minimum atomic E-state index is -3.81. The third-order valence-corrected chi connectivity index (χ3v) is 7.91. The summed E-state index contributed by atoms with van der Waals surface area (Å²) in [5.41, 5.74) is 0.515. The van der Waals surface area contributed by atoms with Crippen LogP contribution in [0.5, 0.6) is 5.75 Å². The van der Waals surface area contributed by atoms with Gasteiger partial charge in [0.15, 0.2) is 6.19 Å². The topological polar surface area (TPSA) is 124 Å². The minimum Gasteiger partial charge on any atom is -0.495 e. The summed E-state index contributed by atoms with van der Waals surface area (Å²) < 4.78 is 34.6. The van der Waals surface area contributed by atoms with E-state index in [1.807, 2.05) is 0 Å². The van der Waals surface area contributed by atoms with E-state index in [-0.39, 0.29) is 24.0 Å². The van der Waals surface area contributed by atoms with Gasteiger partial charge in [-0.25, -0.2) is 17.9 Å². The molecule has 2 aromatic rings. The highest BCUT2D eigenvalue weighted by molar-refractivity contribution is 9.11. The summed E-state index contributed by atoms with van der Waals surface area (Å²) in [7, 11) is -2.30. The molecule has 3 rings (SSSR count). The van der Waals surface area contributed by atoms with E-state index in [0.717, 1.165) is 0 Å². The van der Waals surface area contributed by atoms with Crippen molar-refractivity contribution in [3.05, 3.63) is 51.4 Å². The fourth-order valence-electron chi connectivity index (χ4n) is 3.41. The maximum absolute atomic E-state index is 12.8. The number of carbonyl (C=O) groups is 1. The van der Waals surface area contributed by atoms with Crippen LogP contribution in [0.15, 0.2) is 56.3 Å². The molecule has 0 aliphatic carbocycles. The average Bonchev–Trinajstić information content (AvgIpc) is 3.15. The highest BCUT2D eigenvalue weighted by Gasteiger charge is 2.35. The highest BCUT2D eigenvalue weighted by atomic mass is 79.9. The molecule has 2 amide bonds. The average molecular weight is 587 g/mol. The van der Waals surface area contributed by atoms with Crippen molar-refractivity contribution in [1.29, 1.82) is 5.26 Å². The third-order valence-electron chi connectivity index (χ3n) is 4.90. The Hall–Kier alpha value is -2.33. The maximum atomic E-state index is 12.8. The number of sulfonamides is 1. The van der Waals surface area contributed by atoms with Gasteiger partial charge in [-0.2, -0.15) is 5.26 Å². The summed E-state index contributed by atoms with van der Waals surface area (Å²) in [6.07, 6.45) is 2.44. The van der Waals surface area contributed by atoms with E-state index in [1.54, 1.807) is 36.4 Å². The van der Waals surface area contributed by atoms with E-state index in [9.17, 15) is 18.5 Å². The van der Waals surface area contributed by atoms with Gasteiger partial charge in [0.25, 0.3) is 0 Å². The number of ether oxygens (including phenoxy) is 1. The number of nitrogens with one attached hydrogen (secondary N) is 3. The fraction of sp³-hybridized carbons (Fsp3) is 0.300. The molecule has 0 bridgehead atoms. The molecule has 12 heteroatoms. The van der Waals surface area contributed by atoms with Crippen LogP contribution in [0, 0.1) is 11.5 Å². The molecule has 1 fully saturated rings. The molecule has 1 aliphatic rings. The molecular weight excluding hydrogens is 566 g/mol. The number of benzene rings is 2. The number of halogens is 2. The number of urea groups is 1. The molecule has 0 aromatic heterocycles. The van der Waals surface area contributed by atoms with Gasteiger partial charge in [-0.15, -0.1) is 0 Å². The van der Waals surface area contributed by atoms with Gasteiger partial charge in [-0.1, -0.05) is 28.1 Å². The molecule has 0 saturated carbocycles. The van der Waals surface area contributed by atoms with Crippen LogP contribution >= 0.6 is 31.9 Å². The van der Waals surface area contributed by atoms with Gasteiger partial charge < -0.3 is 20.3 Å². The lowest BCUT2D eigenvalue weighted by Gasteiger charge is -2.18. The Morgan fingerprint density at radius 2 is 2.03 bits per heavy atom. The summed E-state index contributed by atoms with van der Waals surface area (Å²) in [4.78, 5) is 13.9. The van der Waals surface area contributed by atoms with Gasteiger partial charge >= 0.3 is 6.03 Å². The molecule has 0 unspecified atom stereocenters. The molecule has 0 radical (unpaired) electrons. The van der Waals surface area contributed by atoms with Crippen LogP contribution in [0.25, 0.3) is 0 Å². The van der Waals surface area contributed by atoms with Crippen LogP contribution in [0.1, 0.15) is 6.42 Å². The Morgan fingerprint density at radius 1 is 1.28 bits per heavy atom.